The number of carbonyl (C=O) groups is 2. The van der Waals surface area contributed by atoms with Crippen molar-refractivity contribution in [3.8, 4) is 6.07 Å². The van der Waals surface area contributed by atoms with Gasteiger partial charge >= 0.3 is 0 Å². The summed E-state index contributed by atoms with van der Waals surface area (Å²) < 4.78 is 0. The normalized spacial score (nSPS) is 19.9. The number of unbranched alkanes of at least 4 members (excludes halogenated alkanes) is 2. The third-order valence-corrected chi connectivity index (χ3v) is 3.46. The number of hydrogen-bond donors (Lipinski definition) is 0. The molecule has 1 aliphatic heterocycles. The van der Waals surface area contributed by atoms with Crippen molar-refractivity contribution in [1.29, 1.82) is 5.26 Å². The van der Waals surface area contributed by atoms with Crippen LogP contribution in [0.1, 0.15) is 32.6 Å². The Bertz CT molecular complexity index is 312. The second kappa shape index (κ2) is 6.54. The first-order chi connectivity index (χ1) is 7.63. The van der Waals surface area contributed by atoms with E-state index in [4.69, 9.17) is 5.26 Å². The lowest BCUT2D eigenvalue weighted by molar-refractivity contribution is -0.127. The molecule has 0 N–H and O–H groups in total. The molecule has 1 aliphatic rings. The lowest BCUT2D eigenvalue weighted by atomic mass is 10.2. The van der Waals surface area contributed by atoms with Crippen LogP contribution < -0.4 is 0 Å². The number of thioether (sulfide) groups is 1. The van der Waals surface area contributed by atoms with E-state index in [1.807, 2.05) is 0 Å². The minimum atomic E-state index is 0.0733. The Kier molecular flexibility index (Phi) is 5.33. The van der Waals surface area contributed by atoms with Crippen LogP contribution in [0.15, 0.2) is 0 Å². The Morgan fingerprint density at radius 2 is 2.38 bits per heavy atom. The minimum Gasteiger partial charge on any atom is -0.342 e. The molecule has 5 heteroatoms. The fraction of sp³-hybridized carbons (Fsp3) is 0.727. The van der Waals surface area contributed by atoms with Crippen molar-refractivity contribution in [3.63, 3.8) is 0 Å². The van der Waals surface area contributed by atoms with Gasteiger partial charge in [-0.1, -0.05) is 11.8 Å². The monoisotopic (exact) mass is 240 g/mol. The highest BCUT2D eigenvalue weighted by Crippen LogP contribution is 2.24. The van der Waals surface area contributed by atoms with Gasteiger partial charge in [0, 0.05) is 38.1 Å². The minimum absolute atomic E-state index is 0.0733. The van der Waals surface area contributed by atoms with Gasteiger partial charge in [0.15, 0.2) is 5.12 Å². The smallest absolute Gasteiger partial charge is 0.223 e. The SMILES string of the molecule is CC(=O)SC1CC(=O)N(CCCCC#N)C1. The van der Waals surface area contributed by atoms with Gasteiger partial charge in [0.05, 0.1) is 6.07 Å². The van der Waals surface area contributed by atoms with Crippen LogP contribution in [0.25, 0.3) is 0 Å². The predicted octanol–water partition coefficient (Wildman–Crippen LogP) is 1.56. The molecule has 16 heavy (non-hydrogen) atoms. The maximum atomic E-state index is 11.6. The van der Waals surface area contributed by atoms with Gasteiger partial charge in [-0.2, -0.15) is 5.26 Å². The maximum Gasteiger partial charge on any atom is 0.223 e. The molecule has 4 nitrogen and oxygen atoms in total. The Morgan fingerprint density at radius 3 is 3.00 bits per heavy atom. The van der Waals surface area contributed by atoms with E-state index in [-0.39, 0.29) is 16.3 Å². The van der Waals surface area contributed by atoms with Crippen LogP contribution in [0.5, 0.6) is 0 Å². The summed E-state index contributed by atoms with van der Waals surface area (Å²) in [6.45, 7) is 2.93. The second-order valence-corrected chi connectivity index (χ2v) is 5.37. The standard InChI is InChI=1S/C11H16N2O2S/c1-9(14)16-10-7-11(15)13(8-10)6-4-2-3-5-12/h10H,2-4,6-8H2,1H3. The third-order valence-electron chi connectivity index (χ3n) is 2.48. The van der Waals surface area contributed by atoms with Gasteiger partial charge in [-0.15, -0.1) is 0 Å². The van der Waals surface area contributed by atoms with Gasteiger partial charge in [0.25, 0.3) is 0 Å². The van der Waals surface area contributed by atoms with Crippen molar-refractivity contribution in [2.45, 2.75) is 37.9 Å². The molecule has 1 fully saturated rings. The average molecular weight is 240 g/mol. The van der Waals surface area contributed by atoms with E-state index >= 15 is 0 Å². The van der Waals surface area contributed by atoms with Crippen molar-refractivity contribution < 1.29 is 9.59 Å². The van der Waals surface area contributed by atoms with Crippen molar-refractivity contribution in [2.24, 2.45) is 0 Å². The number of likely N-dealkylation sites (tertiary alicyclic amines) is 1. The highest BCUT2D eigenvalue weighted by Gasteiger charge is 2.30. The van der Waals surface area contributed by atoms with Crippen LogP contribution in [0.3, 0.4) is 0 Å². The molecule has 1 amide bonds. The Morgan fingerprint density at radius 1 is 1.62 bits per heavy atom. The molecule has 1 rings (SSSR count). The first-order valence-electron chi connectivity index (χ1n) is 5.45. The van der Waals surface area contributed by atoms with Crippen molar-refractivity contribution in [3.05, 3.63) is 0 Å². The Hall–Kier alpha value is -1.02. The van der Waals surface area contributed by atoms with Crippen LogP contribution in [-0.4, -0.2) is 34.3 Å². The Labute approximate surface area is 100.0 Å². The van der Waals surface area contributed by atoms with Gasteiger partial charge in [0.2, 0.25) is 5.91 Å². The highest BCUT2D eigenvalue weighted by molar-refractivity contribution is 8.14. The molecule has 0 saturated carbocycles. The van der Waals surface area contributed by atoms with E-state index in [2.05, 4.69) is 6.07 Å². The average Bonchev–Trinajstić information content (AvgIpc) is 2.53. The molecule has 1 atom stereocenters. The molecule has 1 saturated heterocycles. The number of nitriles is 1. The fourth-order valence-electron chi connectivity index (χ4n) is 1.77. The summed E-state index contributed by atoms with van der Waals surface area (Å²) in [5.74, 6) is 0.135. The largest absolute Gasteiger partial charge is 0.342 e. The summed E-state index contributed by atoms with van der Waals surface area (Å²) in [4.78, 5) is 24.3. The molecule has 0 bridgehead atoms. The summed E-state index contributed by atoms with van der Waals surface area (Å²) in [5, 5.41) is 8.58. The molecule has 0 aromatic carbocycles. The summed E-state index contributed by atoms with van der Waals surface area (Å²) in [6.07, 6.45) is 2.73. The zero-order chi connectivity index (χ0) is 12.0. The number of rotatable bonds is 5. The summed E-state index contributed by atoms with van der Waals surface area (Å²) in [5.41, 5.74) is 0. The number of carbonyl (C=O) groups excluding carboxylic acids is 2. The van der Waals surface area contributed by atoms with Gasteiger partial charge < -0.3 is 4.90 Å². The van der Waals surface area contributed by atoms with Gasteiger partial charge in [-0.3, -0.25) is 9.59 Å². The van der Waals surface area contributed by atoms with E-state index in [0.29, 0.717) is 19.4 Å². The van der Waals surface area contributed by atoms with E-state index in [0.717, 1.165) is 19.4 Å². The molecule has 0 radical (unpaired) electrons. The van der Waals surface area contributed by atoms with Gasteiger partial charge in [-0.25, -0.2) is 0 Å². The van der Waals surface area contributed by atoms with E-state index in [9.17, 15) is 9.59 Å². The zero-order valence-corrected chi connectivity index (χ0v) is 10.3. The van der Waals surface area contributed by atoms with Crippen molar-refractivity contribution in [1.82, 2.24) is 4.90 Å². The number of amides is 1. The highest BCUT2D eigenvalue weighted by atomic mass is 32.2. The Balaban J connectivity index is 2.26. The fourth-order valence-corrected chi connectivity index (χ4v) is 2.72. The molecule has 88 valence electrons. The molecule has 0 aromatic heterocycles. The third kappa shape index (κ3) is 4.23. The first kappa shape index (κ1) is 13.0. The number of hydrogen-bond acceptors (Lipinski definition) is 4. The lowest BCUT2D eigenvalue weighted by Crippen LogP contribution is -2.26. The second-order valence-electron chi connectivity index (χ2n) is 3.89. The zero-order valence-electron chi connectivity index (χ0n) is 9.44. The van der Waals surface area contributed by atoms with E-state index < -0.39 is 0 Å². The first-order valence-corrected chi connectivity index (χ1v) is 6.33. The van der Waals surface area contributed by atoms with Crippen LogP contribution in [0.2, 0.25) is 0 Å². The maximum absolute atomic E-state index is 11.6. The molecule has 1 unspecified atom stereocenters. The molecule has 0 aromatic rings. The molecule has 1 heterocycles. The number of nitrogens with zero attached hydrogens (tertiary/aromatic N) is 2. The summed E-state index contributed by atoms with van der Waals surface area (Å²) in [6, 6.07) is 2.09. The molecule has 0 spiro atoms. The van der Waals surface area contributed by atoms with Gasteiger partial charge in [0.1, 0.15) is 0 Å². The van der Waals surface area contributed by atoms with Crippen LogP contribution in [0, 0.1) is 11.3 Å². The summed E-state index contributed by atoms with van der Waals surface area (Å²) >= 11 is 1.26. The molecular formula is C11H16N2O2S. The lowest BCUT2D eigenvalue weighted by Gasteiger charge is -2.15. The van der Waals surface area contributed by atoms with Crippen molar-refractivity contribution >= 4 is 22.8 Å². The predicted molar refractivity (Wildman–Crippen MR) is 62.7 cm³/mol. The van der Waals surface area contributed by atoms with Gasteiger partial charge in [-0.05, 0) is 12.8 Å². The van der Waals surface area contributed by atoms with Crippen LogP contribution in [-0.2, 0) is 9.59 Å². The summed E-state index contributed by atoms with van der Waals surface area (Å²) in [7, 11) is 0. The van der Waals surface area contributed by atoms with Crippen molar-refractivity contribution in [2.75, 3.05) is 13.1 Å². The van der Waals surface area contributed by atoms with Crippen LogP contribution >= 0.6 is 11.8 Å². The molecular weight excluding hydrogens is 224 g/mol. The van der Waals surface area contributed by atoms with E-state index in [1.165, 1.54) is 18.7 Å². The van der Waals surface area contributed by atoms with E-state index in [1.54, 1.807) is 4.90 Å². The quantitative estimate of drug-likeness (QED) is 0.684. The van der Waals surface area contributed by atoms with Crippen LogP contribution in [0.4, 0.5) is 0 Å². The molecule has 0 aliphatic carbocycles. The topological polar surface area (TPSA) is 61.2 Å².